The van der Waals surface area contributed by atoms with Crippen LogP contribution in [0, 0.1) is 6.92 Å². The smallest absolute Gasteiger partial charge is 0.0488 e. The van der Waals surface area contributed by atoms with E-state index in [4.69, 9.17) is 0 Å². The van der Waals surface area contributed by atoms with Crippen LogP contribution < -0.4 is 5.32 Å². The van der Waals surface area contributed by atoms with Crippen molar-refractivity contribution in [2.45, 2.75) is 38.5 Å². The summed E-state index contributed by atoms with van der Waals surface area (Å²) in [6.07, 6.45) is 2.12. The van der Waals surface area contributed by atoms with Crippen LogP contribution >= 0.6 is 0 Å². The molecule has 1 aromatic carbocycles. The largest absolute Gasteiger partial charge is 0.317 e. The number of hydrogen-bond donors (Lipinski definition) is 1. The molecular formula is C14H23NOS. The van der Waals surface area contributed by atoms with Gasteiger partial charge in [-0.2, -0.15) is 0 Å². The van der Waals surface area contributed by atoms with Crippen LogP contribution in [0.4, 0.5) is 0 Å². The predicted molar refractivity (Wildman–Crippen MR) is 75.6 cm³/mol. The molecule has 2 nitrogen and oxygen atoms in total. The first kappa shape index (κ1) is 14.4. The van der Waals surface area contributed by atoms with E-state index in [1.54, 1.807) is 0 Å². The summed E-state index contributed by atoms with van der Waals surface area (Å²) in [5.41, 5.74) is 2.46. The quantitative estimate of drug-likeness (QED) is 0.809. The SMILES string of the molecule is CNC(C)CCCS(=O)Cc1ccccc1C. The van der Waals surface area contributed by atoms with Crippen LogP contribution in [0.5, 0.6) is 0 Å². The summed E-state index contributed by atoms with van der Waals surface area (Å²) in [6, 6.07) is 8.71. The van der Waals surface area contributed by atoms with Gasteiger partial charge in [0.1, 0.15) is 0 Å². The van der Waals surface area contributed by atoms with E-state index in [-0.39, 0.29) is 0 Å². The van der Waals surface area contributed by atoms with Crippen LogP contribution in [-0.4, -0.2) is 23.1 Å². The Labute approximate surface area is 107 Å². The Morgan fingerprint density at radius 2 is 2.06 bits per heavy atom. The van der Waals surface area contributed by atoms with Crippen LogP contribution in [-0.2, 0) is 16.6 Å². The molecule has 0 bridgehead atoms. The molecule has 3 heteroatoms. The summed E-state index contributed by atoms with van der Waals surface area (Å²) in [7, 11) is 1.24. The van der Waals surface area contributed by atoms with Crippen LogP contribution in [0.15, 0.2) is 24.3 Å². The summed E-state index contributed by atoms with van der Waals surface area (Å²) in [4.78, 5) is 0. The van der Waals surface area contributed by atoms with Crippen molar-refractivity contribution in [3.05, 3.63) is 35.4 Å². The fourth-order valence-corrected chi connectivity index (χ4v) is 3.02. The Balaban J connectivity index is 2.33. The third kappa shape index (κ3) is 5.46. The molecule has 0 aliphatic rings. The number of nitrogens with one attached hydrogen (secondary N) is 1. The lowest BCUT2D eigenvalue weighted by Crippen LogP contribution is -2.21. The Kier molecular flexibility index (Phi) is 6.45. The standard InChI is InChI=1S/C14H23NOS/c1-12-7-4-5-9-14(12)11-17(16)10-6-8-13(2)15-3/h4-5,7,9,13,15H,6,8,10-11H2,1-3H3. The molecule has 0 heterocycles. The zero-order valence-corrected chi connectivity index (χ0v) is 11.8. The Hall–Kier alpha value is -0.670. The molecule has 0 radical (unpaired) electrons. The molecule has 17 heavy (non-hydrogen) atoms. The van der Waals surface area contributed by atoms with Gasteiger partial charge in [0.15, 0.2) is 0 Å². The lowest BCUT2D eigenvalue weighted by Gasteiger charge is -2.09. The first-order valence-electron chi connectivity index (χ1n) is 6.20. The predicted octanol–water partition coefficient (Wildman–Crippen LogP) is 2.63. The molecule has 0 fully saturated rings. The van der Waals surface area contributed by atoms with Crippen molar-refractivity contribution in [1.29, 1.82) is 0 Å². The normalized spacial score (nSPS) is 14.5. The van der Waals surface area contributed by atoms with Crippen LogP contribution in [0.2, 0.25) is 0 Å². The molecule has 0 aromatic heterocycles. The minimum atomic E-state index is -0.727. The van der Waals surface area contributed by atoms with Gasteiger partial charge in [0.05, 0.1) is 0 Å². The highest BCUT2D eigenvalue weighted by Gasteiger charge is 2.05. The van der Waals surface area contributed by atoms with E-state index in [1.807, 2.05) is 19.2 Å². The van der Waals surface area contributed by atoms with Crippen molar-refractivity contribution >= 4 is 10.8 Å². The van der Waals surface area contributed by atoms with Gasteiger partial charge in [-0.1, -0.05) is 24.3 Å². The van der Waals surface area contributed by atoms with E-state index >= 15 is 0 Å². The molecule has 1 rings (SSSR count). The molecule has 2 unspecified atom stereocenters. The molecule has 2 atom stereocenters. The molecule has 1 aromatic rings. The topological polar surface area (TPSA) is 29.1 Å². The maximum Gasteiger partial charge on any atom is 0.0488 e. The highest BCUT2D eigenvalue weighted by molar-refractivity contribution is 7.84. The van der Waals surface area contributed by atoms with Crippen molar-refractivity contribution in [2.24, 2.45) is 0 Å². The fraction of sp³-hybridized carbons (Fsp3) is 0.571. The number of rotatable bonds is 7. The Bertz CT molecular complexity index is 365. The van der Waals surface area contributed by atoms with Crippen molar-refractivity contribution in [3.63, 3.8) is 0 Å². The first-order valence-corrected chi connectivity index (χ1v) is 7.69. The van der Waals surface area contributed by atoms with Gasteiger partial charge >= 0.3 is 0 Å². The molecule has 0 saturated heterocycles. The van der Waals surface area contributed by atoms with E-state index in [0.29, 0.717) is 11.8 Å². The highest BCUT2D eigenvalue weighted by atomic mass is 32.2. The third-order valence-electron chi connectivity index (χ3n) is 3.08. The second-order valence-corrected chi connectivity index (χ2v) is 6.12. The second-order valence-electron chi connectivity index (χ2n) is 4.55. The van der Waals surface area contributed by atoms with Crippen LogP contribution in [0.1, 0.15) is 30.9 Å². The summed E-state index contributed by atoms with van der Waals surface area (Å²) < 4.78 is 11.9. The maximum absolute atomic E-state index is 11.9. The van der Waals surface area contributed by atoms with E-state index in [1.165, 1.54) is 11.1 Å². The van der Waals surface area contributed by atoms with Gasteiger partial charge in [-0.15, -0.1) is 0 Å². The lowest BCUT2D eigenvalue weighted by atomic mass is 10.1. The van der Waals surface area contributed by atoms with Crippen molar-refractivity contribution in [2.75, 3.05) is 12.8 Å². The first-order chi connectivity index (χ1) is 8.13. The van der Waals surface area contributed by atoms with E-state index < -0.39 is 10.8 Å². The van der Waals surface area contributed by atoms with E-state index in [2.05, 4.69) is 31.3 Å². The molecule has 0 aliphatic heterocycles. The number of aryl methyl sites for hydroxylation is 1. The van der Waals surface area contributed by atoms with E-state index in [0.717, 1.165) is 18.6 Å². The summed E-state index contributed by atoms with van der Waals surface area (Å²) in [6.45, 7) is 4.24. The molecule has 96 valence electrons. The maximum atomic E-state index is 11.9. The fourth-order valence-electron chi connectivity index (χ4n) is 1.71. The summed E-state index contributed by atoms with van der Waals surface area (Å²) >= 11 is 0. The average Bonchev–Trinajstić information content (AvgIpc) is 2.32. The number of hydrogen-bond acceptors (Lipinski definition) is 2. The van der Waals surface area contributed by atoms with Gasteiger partial charge in [0.25, 0.3) is 0 Å². The summed E-state index contributed by atoms with van der Waals surface area (Å²) in [5.74, 6) is 1.50. The molecule has 0 amide bonds. The van der Waals surface area contributed by atoms with Gasteiger partial charge in [-0.25, -0.2) is 0 Å². The zero-order valence-electron chi connectivity index (χ0n) is 11.0. The van der Waals surface area contributed by atoms with Crippen molar-refractivity contribution in [3.8, 4) is 0 Å². The zero-order chi connectivity index (χ0) is 12.7. The van der Waals surface area contributed by atoms with Gasteiger partial charge in [0, 0.05) is 28.3 Å². The van der Waals surface area contributed by atoms with Crippen molar-refractivity contribution < 1.29 is 4.21 Å². The minimum Gasteiger partial charge on any atom is -0.317 e. The molecular weight excluding hydrogens is 230 g/mol. The van der Waals surface area contributed by atoms with Gasteiger partial charge in [-0.3, -0.25) is 4.21 Å². The van der Waals surface area contributed by atoms with Gasteiger partial charge in [-0.05, 0) is 44.9 Å². The Morgan fingerprint density at radius 3 is 2.71 bits per heavy atom. The molecule has 0 aliphatic carbocycles. The van der Waals surface area contributed by atoms with Gasteiger partial charge in [0.2, 0.25) is 0 Å². The summed E-state index contributed by atoms with van der Waals surface area (Å²) in [5, 5.41) is 3.20. The Morgan fingerprint density at radius 1 is 1.35 bits per heavy atom. The third-order valence-corrected chi connectivity index (χ3v) is 4.46. The van der Waals surface area contributed by atoms with Crippen LogP contribution in [0.25, 0.3) is 0 Å². The van der Waals surface area contributed by atoms with E-state index in [9.17, 15) is 4.21 Å². The highest BCUT2D eigenvalue weighted by Crippen LogP contribution is 2.10. The minimum absolute atomic E-state index is 0.519. The van der Waals surface area contributed by atoms with Gasteiger partial charge < -0.3 is 5.32 Å². The van der Waals surface area contributed by atoms with Crippen molar-refractivity contribution in [1.82, 2.24) is 5.32 Å². The lowest BCUT2D eigenvalue weighted by molar-refractivity contribution is 0.557. The van der Waals surface area contributed by atoms with Crippen LogP contribution in [0.3, 0.4) is 0 Å². The second kappa shape index (κ2) is 7.62. The monoisotopic (exact) mass is 253 g/mol. The molecule has 0 spiro atoms. The number of benzene rings is 1. The average molecular weight is 253 g/mol. The molecule has 0 saturated carbocycles. The molecule has 1 N–H and O–H groups in total.